The van der Waals surface area contributed by atoms with Crippen molar-refractivity contribution in [3.63, 3.8) is 0 Å². The lowest BCUT2D eigenvalue weighted by Crippen LogP contribution is -2.50. The summed E-state index contributed by atoms with van der Waals surface area (Å²) in [5, 5.41) is 2.77. The van der Waals surface area contributed by atoms with E-state index >= 15 is 0 Å². The molecule has 0 spiro atoms. The molecule has 0 aromatic heterocycles. The van der Waals surface area contributed by atoms with Gasteiger partial charge in [0.1, 0.15) is 0 Å². The second kappa shape index (κ2) is 8.64. The molecule has 1 aliphatic heterocycles. The zero-order chi connectivity index (χ0) is 20.1. The minimum Gasteiger partial charge on any atom is -0.324 e. The SMILES string of the molecule is CC(=O)c1ccccc1NC(=O)CN1CCN(S(=O)(=O)c2ccccc2)CC1. The predicted molar refractivity (Wildman–Crippen MR) is 107 cm³/mol. The summed E-state index contributed by atoms with van der Waals surface area (Å²) in [4.78, 5) is 26.2. The molecule has 1 amide bonds. The van der Waals surface area contributed by atoms with Crippen LogP contribution in [0.3, 0.4) is 0 Å². The molecule has 0 saturated carbocycles. The van der Waals surface area contributed by atoms with Gasteiger partial charge in [-0.3, -0.25) is 14.5 Å². The quantitative estimate of drug-likeness (QED) is 0.747. The van der Waals surface area contributed by atoms with Crippen molar-refractivity contribution in [3.8, 4) is 0 Å². The van der Waals surface area contributed by atoms with Gasteiger partial charge in [0.2, 0.25) is 15.9 Å². The third kappa shape index (κ3) is 4.64. The van der Waals surface area contributed by atoms with E-state index in [2.05, 4.69) is 5.32 Å². The Morgan fingerprint density at radius 3 is 2.18 bits per heavy atom. The minimum atomic E-state index is -3.51. The first-order valence-electron chi connectivity index (χ1n) is 9.05. The van der Waals surface area contributed by atoms with E-state index in [9.17, 15) is 18.0 Å². The van der Waals surface area contributed by atoms with Crippen LogP contribution in [0.2, 0.25) is 0 Å². The average Bonchev–Trinajstić information content (AvgIpc) is 2.69. The highest BCUT2D eigenvalue weighted by Crippen LogP contribution is 2.18. The molecule has 2 aromatic rings. The van der Waals surface area contributed by atoms with Gasteiger partial charge in [-0.15, -0.1) is 0 Å². The number of hydrogen-bond acceptors (Lipinski definition) is 5. The van der Waals surface area contributed by atoms with Crippen LogP contribution >= 0.6 is 0 Å². The average molecular weight is 401 g/mol. The van der Waals surface area contributed by atoms with Gasteiger partial charge in [0, 0.05) is 31.7 Å². The first kappa shape index (κ1) is 20.2. The van der Waals surface area contributed by atoms with Crippen molar-refractivity contribution in [2.45, 2.75) is 11.8 Å². The summed E-state index contributed by atoms with van der Waals surface area (Å²) < 4.78 is 26.8. The Bertz CT molecular complexity index is 952. The smallest absolute Gasteiger partial charge is 0.243 e. The maximum atomic E-state index is 12.7. The number of hydrogen-bond donors (Lipinski definition) is 1. The summed E-state index contributed by atoms with van der Waals surface area (Å²) in [7, 11) is -3.51. The minimum absolute atomic E-state index is 0.115. The largest absolute Gasteiger partial charge is 0.324 e. The standard InChI is InChI=1S/C20H23N3O4S/c1-16(24)18-9-5-6-10-19(18)21-20(25)15-22-11-13-23(14-12-22)28(26,27)17-7-3-2-4-8-17/h2-10H,11-15H2,1H3,(H,21,25). The summed E-state index contributed by atoms with van der Waals surface area (Å²) in [5.74, 6) is -0.344. The number of anilines is 1. The number of ketones is 1. The molecule has 0 aliphatic carbocycles. The van der Waals surface area contributed by atoms with Crippen LogP contribution in [0.1, 0.15) is 17.3 Å². The number of carbonyl (C=O) groups excluding carboxylic acids is 2. The Morgan fingerprint density at radius 2 is 1.54 bits per heavy atom. The normalized spacial score (nSPS) is 15.9. The number of nitrogens with one attached hydrogen (secondary N) is 1. The summed E-state index contributed by atoms with van der Waals surface area (Å²) in [6.07, 6.45) is 0. The molecule has 1 heterocycles. The van der Waals surface area contributed by atoms with Gasteiger partial charge in [-0.25, -0.2) is 8.42 Å². The van der Waals surface area contributed by atoms with Crippen molar-refractivity contribution >= 4 is 27.4 Å². The van der Waals surface area contributed by atoms with E-state index in [1.165, 1.54) is 11.2 Å². The maximum Gasteiger partial charge on any atom is 0.243 e. The van der Waals surface area contributed by atoms with Gasteiger partial charge in [0.15, 0.2) is 5.78 Å². The topological polar surface area (TPSA) is 86.8 Å². The van der Waals surface area contributed by atoms with E-state index in [0.29, 0.717) is 37.4 Å². The molecule has 0 bridgehead atoms. The number of rotatable bonds is 6. The van der Waals surface area contributed by atoms with Crippen LogP contribution in [0.25, 0.3) is 0 Å². The van der Waals surface area contributed by atoms with E-state index in [0.717, 1.165) is 0 Å². The van der Waals surface area contributed by atoms with Crippen molar-refractivity contribution in [1.29, 1.82) is 0 Å². The van der Waals surface area contributed by atoms with Gasteiger partial charge in [-0.05, 0) is 31.2 Å². The van der Waals surface area contributed by atoms with Crippen molar-refractivity contribution < 1.29 is 18.0 Å². The fourth-order valence-corrected chi connectivity index (χ4v) is 4.60. The van der Waals surface area contributed by atoms with Crippen molar-refractivity contribution in [2.75, 3.05) is 38.0 Å². The molecule has 2 aromatic carbocycles. The molecule has 3 rings (SSSR count). The van der Waals surface area contributed by atoms with E-state index < -0.39 is 10.0 Å². The molecule has 1 aliphatic rings. The highest BCUT2D eigenvalue weighted by Gasteiger charge is 2.28. The first-order valence-corrected chi connectivity index (χ1v) is 10.5. The Labute approximate surface area is 165 Å². The molecular formula is C20H23N3O4S. The number of nitrogens with zero attached hydrogens (tertiary/aromatic N) is 2. The molecule has 8 heteroatoms. The van der Waals surface area contributed by atoms with Crippen LogP contribution in [0, 0.1) is 0 Å². The fraction of sp³-hybridized carbons (Fsp3) is 0.300. The van der Waals surface area contributed by atoms with Gasteiger partial charge >= 0.3 is 0 Å². The predicted octanol–water partition coefficient (Wildman–Crippen LogP) is 1.83. The molecule has 0 atom stereocenters. The highest BCUT2D eigenvalue weighted by atomic mass is 32.2. The molecular weight excluding hydrogens is 378 g/mol. The monoisotopic (exact) mass is 401 g/mol. The van der Waals surface area contributed by atoms with Gasteiger partial charge in [0.05, 0.1) is 17.1 Å². The van der Waals surface area contributed by atoms with E-state index in [1.54, 1.807) is 54.6 Å². The first-order chi connectivity index (χ1) is 13.4. The molecule has 148 valence electrons. The van der Waals surface area contributed by atoms with Crippen LogP contribution in [0.5, 0.6) is 0 Å². The number of sulfonamides is 1. The number of para-hydroxylation sites is 1. The van der Waals surface area contributed by atoms with Gasteiger partial charge in [0.25, 0.3) is 0 Å². The van der Waals surface area contributed by atoms with Crippen LogP contribution in [-0.4, -0.2) is 62.0 Å². The van der Waals surface area contributed by atoms with E-state index in [1.807, 2.05) is 4.90 Å². The molecule has 1 saturated heterocycles. The molecule has 1 N–H and O–H groups in total. The number of benzene rings is 2. The molecule has 1 fully saturated rings. The van der Waals surface area contributed by atoms with Crippen molar-refractivity contribution in [1.82, 2.24) is 9.21 Å². The summed E-state index contributed by atoms with van der Waals surface area (Å²) in [5.41, 5.74) is 0.958. The van der Waals surface area contributed by atoms with E-state index in [-0.39, 0.29) is 23.1 Å². The lowest BCUT2D eigenvalue weighted by atomic mass is 10.1. The van der Waals surface area contributed by atoms with Crippen LogP contribution in [0.15, 0.2) is 59.5 Å². The van der Waals surface area contributed by atoms with Gasteiger partial charge in [-0.1, -0.05) is 30.3 Å². The Balaban J connectivity index is 1.56. The third-order valence-electron chi connectivity index (χ3n) is 4.66. The summed E-state index contributed by atoms with van der Waals surface area (Å²) >= 11 is 0. The van der Waals surface area contributed by atoms with Gasteiger partial charge < -0.3 is 5.32 Å². The Morgan fingerprint density at radius 1 is 0.929 bits per heavy atom. The number of Topliss-reactive ketones (excluding diaryl/α,β-unsaturated/α-hetero) is 1. The number of carbonyl (C=O) groups is 2. The Hall–Kier alpha value is -2.55. The number of amides is 1. The summed E-state index contributed by atoms with van der Waals surface area (Å²) in [6, 6.07) is 15.2. The number of piperazine rings is 1. The molecule has 0 unspecified atom stereocenters. The van der Waals surface area contributed by atoms with E-state index in [4.69, 9.17) is 0 Å². The van der Waals surface area contributed by atoms with Crippen molar-refractivity contribution in [2.24, 2.45) is 0 Å². The zero-order valence-corrected chi connectivity index (χ0v) is 16.5. The third-order valence-corrected chi connectivity index (χ3v) is 6.57. The van der Waals surface area contributed by atoms with Crippen LogP contribution in [-0.2, 0) is 14.8 Å². The maximum absolute atomic E-state index is 12.7. The van der Waals surface area contributed by atoms with Crippen molar-refractivity contribution in [3.05, 3.63) is 60.2 Å². The lowest BCUT2D eigenvalue weighted by Gasteiger charge is -2.33. The lowest BCUT2D eigenvalue weighted by molar-refractivity contribution is -0.117. The van der Waals surface area contributed by atoms with Crippen LogP contribution in [0.4, 0.5) is 5.69 Å². The molecule has 7 nitrogen and oxygen atoms in total. The molecule has 0 radical (unpaired) electrons. The fourth-order valence-electron chi connectivity index (χ4n) is 3.16. The second-order valence-electron chi connectivity index (χ2n) is 6.64. The van der Waals surface area contributed by atoms with Gasteiger partial charge in [-0.2, -0.15) is 4.31 Å². The zero-order valence-electron chi connectivity index (χ0n) is 15.7. The second-order valence-corrected chi connectivity index (χ2v) is 8.58. The summed E-state index contributed by atoms with van der Waals surface area (Å²) in [6.45, 7) is 3.19. The van der Waals surface area contributed by atoms with Crippen LogP contribution < -0.4 is 5.32 Å². The Kier molecular flexibility index (Phi) is 6.23. The molecule has 28 heavy (non-hydrogen) atoms. The highest BCUT2D eigenvalue weighted by molar-refractivity contribution is 7.89.